The fourth-order valence-electron chi connectivity index (χ4n) is 1.79. The first-order chi connectivity index (χ1) is 9.02. The van der Waals surface area contributed by atoms with E-state index in [-0.39, 0.29) is 11.9 Å². The van der Waals surface area contributed by atoms with Crippen molar-refractivity contribution in [1.82, 2.24) is 20.1 Å². The quantitative estimate of drug-likeness (QED) is 0.865. The molecule has 102 valence electrons. The second-order valence-electron chi connectivity index (χ2n) is 4.27. The molecule has 1 amide bonds. The summed E-state index contributed by atoms with van der Waals surface area (Å²) in [5.74, 6) is 0.876. The van der Waals surface area contributed by atoms with Crippen LogP contribution < -0.4 is 11.1 Å². The third kappa shape index (κ3) is 2.59. The van der Waals surface area contributed by atoms with Crippen LogP contribution in [0.4, 0.5) is 5.69 Å². The van der Waals surface area contributed by atoms with E-state index in [1.165, 1.54) is 6.20 Å². The summed E-state index contributed by atoms with van der Waals surface area (Å²) in [4.78, 5) is 16.3. The maximum absolute atomic E-state index is 12.2. The summed E-state index contributed by atoms with van der Waals surface area (Å²) in [6.45, 7) is 6.07. The molecule has 7 nitrogen and oxygen atoms in total. The summed E-state index contributed by atoms with van der Waals surface area (Å²) in [5, 5.41) is 6.82. The summed E-state index contributed by atoms with van der Waals surface area (Å²) in [6, 6.07) is -0.333. The molecule has 0 bridgehead atoms. The standard InChI is InChI=1S/C12H17N5O2/c1-4-17-10(9(13)6-15-17)11(18)16-8(3)12-14-5-7(2)19-12/h5-6,8H,4,13H2,1-3H3,(H,16,18). The monoisotopic (exact) mass is 263 g/mol. The number of hydrogen-bond donors (Lipinski definition) is 2. The molecule has 0 fully saturated rings. The summed E-state index contributed by atoms with van der Waals surface area (Å²) in [5.41, 5.74) is 6.47. The van der Waals surface area contributed by atoms with Crippen LogP contribution in [0.25, 0.3) is 0 Å². The van der Waals surface area contributed by atoms with E-state index in [9.17, 15) is 4.79 Å². The van der Waals surface area contributed by atoms with Gasteiger partial charge in [0, 0.05) is 6.54 Å². The minimum atomic E-state index is -0.333. The van der Waals surface area contributed by atoms with Crippen LogP contribution in [0.15, 0.2) is 16.8 Å². The molecule has 2 aromatic heterocycles. The van der Waals surface area contributed by atoms with Gasteiger partial charge in [-0.15, -0.1) is 0 Å². The van der Waals surface area contributed by atoms with E-state index >= 15 is 0 Å². The largest absolute Gasteiger partial charge is 0.444 e. The molecule has 2 heterocycles. The van der Waals surface area contributed by atoms with Crippen LogP contribution in [0.5, 0.6) is 0 Å². The van der Waals surface area contributed by atoms with E-state index in [2.05, 4.69) is 15.4 Å². The number of aromatic nitrogens is 3. The molecule has 2 aromatic rings. The fourth-order valence-corrected chi connectivity index (χ4v) is 1.79. The van der Waals surface area contributed by atoms with Gasteiger partial charge in [0.15, 0.2) is 0 Å². The molecule has 1 unspecified atom stereocenters. The topological polar surface area (TPSA) is 99.0 Å². The first-order valence-electron chi connectivity index (χ1n) is 6.07. The van der Waals surface area contributed by atoms with Crippen LogP contribution in [0, 0.1) is 6.92 Å². The molecule has 3 N–H and O–H groups in total. The number of nitrogens with two attached hydrogens (primary N) is 1. The van der Waals surface area contributed by atoms with Crippen LogP contribution in [-0.4, -0.2) is 20.7 Å². The van der Waals surface area contributed by atoms with Gasteiger partial charge >= 0.3 is 0 Å². The Kier molecular flexibility index (Phi) is 3.55. The average Bonchev–Trinajstić information content (AvgIpc) is 2.95. The van der Waals surface area contributed by atoms with Gasteiger partial charge in [0.05, 0.1) is 18.1 Å². The van der Waals surface area contributed by atoms with Gasteiger partial charge in [0.25, 0.3) is 5.91 Å². The zero-order valence-electron chi connectivity index (χ0n) is 11.2. The highest BCUT2D eigenvalue weighted by atomic mass is 16.4. The third-order valence-electron chi connectivity index (χ3n) is 2.74. The molecule has 1 atom stereocenters. The van der Waals surface area contributed by atoms with Crippen molar-refractivity contribution in [3.63, 3.8) is 0 Å². The Hall–Kier alpha value is -2.31. The molecule has 7 heteroatoms. The molecule has 2 rings (SSSR count). The van der Waals surface area contributed by atoms with Crippen molar-refractivity contribution in [2.75, 3.05) is 5.73 Å². The van der Waals surface area contributed by atoms with E-state index in [1.54, 1.807) is 24.7 Å². The molecular formula is C12H17N5O2. The number of hydrogen-bond acceptors (Lipinski definition) is 5. The molecule has 0 spiro atoms. The normalized spacial score (nSPS) is 12.4. The van der Waals surface area contributed by atoms with E-state index in [4.69, 9.17) is 10.2 Å². The van der Waals surface area contributed by atoms with E-state index in [0.29, 0.717) is 29.6 Å². The van der Waals surface area contributed by atoms with Gasteiger partial charge in [0.1, 0.15) is 17.5 Å². The molecule has 0 radical (unpaired) electrons. The van der Waals surface area contributed by atoms with Crippen molar-refractivity contribution >= 4 is 11.6 Å². The Bertz CT molecular complexity index is 587. The number of amides is 1. The van der Waals surface area contributed by atoms with Crippen LogP contribution in [0.2, 0.25) is 0 Å². The summed E-state index contributed by atoms with van der Waals surface area (Å²) < 4.78 is 6.92. The lowest BCUT2D eigenvalue weighted by Gasteiger charge is -2.11. The second kappa shape index (κ2) is 5.13. The second-order valence-corrected chi connectivity index (χ2v) is 4.27. The highest BCUT2D eigenvalue weighted by Gasteiger charge is 2.20. The summed E-state index contributed by atoms with van der Waals surface area (Å²) in [6.07, 6.45) is 3.08. The van der Waals surface area contributed by atoms with Gasteiger partial charge in [-0.3, -0.25) is 9.48 Å². The average molecular weight is 263 g/mol. The zero-order chi connectivity index (χ0) is 14.0. The van der Waals surface area contributed by atoms with Gasteiger partial charge in [-0.1, -0.05) is 0 Å². The van der Waals surface area contributed by atoms with Crippen molar-refractivity contribution in [3.8, 4) is 0 Å². The third-order valence-corrected chi connectivity index (χ3v) is 2.74. The predicted molar refractivity (Wildman–Crippen MR) is 69.4 cm³/mol. The molecule has 0 saturated carbocycles. The summed E-state index contributed by atoms with van der Waals surface area (Å²) in [7, 11) is 0. The molecule has 0 saturated heterocycles. The minimum absolute atomic E-state index is 0.291. The summed E-state index contributed by atoms with van der Waals surface area (Å²) >= 11 is 0. The maximum atomic E-state index is 12.2. The van der Waals surface area contributed by atoms with Gasteiger partial charge in [0.2, 0.25) is 5.89 Å². The maximum Gasteiger partial charge on any atom is 0.272 e. The Morgan fingerprint density at radius 2 is 2.32 bits per heavy atom. The number of rotatable bonds is 4. The molecule has 0 aromatic carbocycles. The van der Waals surface area contributed by atoms with Crippen molar-refractivity contribution in [3.05, 3.63) is 29.7 Å². The van der Waals surface area contributed by atoms with Crippen LogP contribution >= 0.6 is 0 Å². The Morgan fingerprint density at radius 1 is 1.58 bits per heavy atom. The Balaban J connectivity index is 2.14. The lowest BCUT2D eigenvalue weighted by Crippen LogP contribution is -2.29. The van der Waals surface area contributed by atoms with E-state index < -0.39 is 0 Å². The number of anilines is 1. The Morgan fingerprint density at radius 3 is 2.89 bits per heavy atom. The van der Waals surface area contributed by atoms with E-state index in [0.717, 1.165) is 0 Å². The van der Waals surface area contributed by atoms with Gasteiger partial charge in [-0.05, 0) is 20.8 Å². The van der Waals surface area contributed by atoms with Crippen molar-refractivity contribution in [1.29, 1.82) is 0 Å². The first kappa shape index (κ1) is 13.1. The number of aryl methyl sites for hydroxylation is 2. The number of nitrogens with zero attached hydrogens (tertiary/aromatic N) is 3. The van der Waals surface area contributed by atoms with Gasteiger partial charge < -0.3 is 15.5 Å². The fraction of sp³-hybridized carbons (Fsp3) is 0.417. The number of nitrogens with one attached hydrogen (secondary N) is 1. The molecule has 0 aliphatic carbocycles. The molecule has 19 heavy (non-hydrogen) atoms. The zero-order valence-corrected chi connectivity index (χ0v) is 11.2. The number of oxazole rings is 1. The van der Waals surface area contributed by atoms with Crippen LogP contribution in [0.3, 0.4) is 0 Å². The van der Waals surface area contributed by atoms with Crippen molar-refractivity contribution in [2.24, 2.45) is 0 Å². The molecule has 0 aliphatic rings. The van der Waals surface area contributed by atoms with Crippen LogP contribution in [0.1, 0.15) is 42.0 Å². The highest BCUT2D eigenvalue weighted by molar-refractivity contribution is 5.97. The number of carbonyl (C=O) groups excluding carboxylic acids is 1. The van der Waals surface area contributed by atoms with Crippen molar-refractivity contribution in [2.45, 2.75) is 33.4 Å². The van der Waals surface area contributed by atoms with Crippen molar-refractivity contribution < 1.29 is 9.21 Å². The van der Waals surface area contributed by atoms with Crippen LogP contribution in [-0.2, 0) is 6.54 Å². The molecule has 0 aliphatic heterocycles. The smallest absolute Gasteiger partial charge is 0.272 e. The Labute approximate surface area is 110 Å². The SMILES string of the molecule is CCn1ncc(N)c1C(=O)NC(C)c1ncc(C)o1. The minimum Gasteiger partial charge on any atom is -0.444 e. The lowest BCUT2D eigenvalue weighted by atomic mass is 10.3. The highest BCUT2D eigenvalue weighted by Crippen LogP contribution is 2.15. The van der Waals surface area contributed by atoms with Gasteiger partial charge in [-0.2, -0.15) is 5.10 Å². The predicted octanol–water partition coefficient (Wildman–Crippen LogP) is 1.27. The van der Waals surface area contributed by atoms with E-state index in [1.807, 2.05) is 6.92 Å². The first-order valence-corrected chi connectivity index (χ1v) is 6.07. The lowest BCUT2D eigenvalue weighted by molar-refractivity contribution is 0.0924. The number of carbonyl (C=O) groups is 1. The molecular weight excluding hydrogens is 246 g/mol. The number of nitrogen functional groups attached to an aromatic ring is 1. The van der Waals surface area contributed by atoms with Gasteiger partial charge in [-0.25, -0.2) is 4.98 Å².